The van der Waals surface area contributed by atoms with E-state index >= 15 is 0 Å². The van der Waals surface area contributed by atoms with Crippen molar-refractivity contribution in [2.75, 3.05) is 49.5 Å². The van der Waals surface area contributed by atoms with Gasteiger partial charge >= 0.3 is 0 Å². The van der Waals surface area contributed by atoms with Crippen LogP contribution in [-0.2, 0) is 20.8 Å². The highest BCUT2D eigenvalue weighted by molar-refractivity contribution is 6.23. The zero-order valence-corrected chi connectivity index (χ0v) is 32.6. The number of piperidine rings is 3. The molecule has 3 N–H and O–H groups in total. The van der Waals surface area contributed by atoms with Crippen molar-refractivity contribution in [1.82, 2.24) is 40.0 Å². The monoisotopic (exact) mass is 786 g/mol. The molecule has 1 saturated carbocycles. The highest BCUT2D eigenvalue weighted by Gasteiger charge is 2.45. The van der Waals surface area contributed by atoms with Gasteiger partial charge in [-0.1, -0.05) is 30.3 Å². The lowest BCUT2D eigenvalue weighted by Crippen LogP contribution is -2.54. The highest BCUT2D eigenvalue weighted by atomic mass is 16.2. The Morgan fingerprint density at radius 1 is 0.828 bits per heavy atom. The first-order valence-corrected chi connectivity index (χ1v) is 20.8. The third-order valence-electron chi connectivity index (χ3n) is 12.9. The molecule has 9 rings (SSSR count). The fourth-order valence-corrected chi connectivity index (χ4v) is 9.49. The highest BCUT2D eigenvalue weighted by Crippen LogP contribution is 2.36. The number of aromatic nitrogens is 4. The second kappa shape index (κ2) is 16.3. The molecule has 0 unspecified atom stereocenters. The van der Waals surface area contributed by atoms with E-state index < -0.39 is 23.8 Å². The maximum Gasteiger partial charge on any atom is 0.262 e. The van der Waals surface area contributed by atoms with Gasteiger partial charge in [-0.15, -0.1) is 0 Å². The molecule has 4 aromatic rings. The van der Waals surface area contributed by atoms with Gasteiger partial charge in [0.15, 0.2) is 11.5 Å². The molecule has 4 fully saturated rings. The van der Waals surface area contributed by atoms with E-state index in [9.17, 15) is 24.0 Å². The van der Waals surface area contributed by atoms with Crippen LogP contribution in [0.15, 0.2) is 61.2 Å². The molecule has 6 heterocycles. The molecule has 0 radical (unpaired) electrons. The number of nitrogens with one attached hydrogen (secondary N) is 3. The second-order valence-electron chi connectivity index (χ2n) is 16.7. The first-order valence-electron chi connectivity index (χ1n) is 20.8. The van der Waals surface area contributed by atoms with E-state index in [1.54, 1.807) is 18.5 Å². The van der Waals surface area contributed by atoms with Crippen LogP contribution in [0.5, 0.6) is 0 Å². The zero-order valence-electron chi connectivity index (χ0n) is 32.6. The zero-order chi connectivity index (χ0) is 39.8. The number of carbonyl (C=O) groups excluding carboxylic acids is 5. The minimum atomic E-state index is -0.959. The number of rotatable bonds is 12. The molecule has 0 bridgehead atoms. The van der Waals surface area contributed by atoms with Crippen LogP contribution in [0.1, 0.15) is 90.1 Å². The summed E-state index contributed by atoms with van der Waals surface area (Å²) in [5.41, 5.74) is 4.19. The van der Waals surface area contributed by atoms with Gasteiger partial charge in [-0.25, -0.2) is 15.0 Å². The van der Waals surface area contributed by atoms with Crippen LogP contribution in [0.2, 0.25) is 0 Å². The maximum absolute atomic E-state index is 13.3. The third-order valence-corrected chi connectivity index (χ3v) is 12.9. The van der Waals surface area contributed by atoms with Crippen LogP contribution in [0.3, 0.4) is 0 Å². The summed E-state index contributed by atoms with van der Waals surface area (Å²) in [6, 6.07) is 14.7. The van der Waals surface area contributed by atoms with Gasteiger partial charge in [0.2, 0.25) is 17.7 Å². The maximum atomic E-state index is 13.3. The number of likely N-dealkylation sites (tertiary alicyclic amines) is 1. The van der Waals surface area contributed by atoms with E-state index in [-0.39, 0.29) is 36.7 Å². The second-order valence-corrected chi connectivity index (χ2v) is 16.7. The normalized spacial score (nSPS) is 23.2. The number of amides is 5. The van der Waals surface area contributed by atoms with Crippen molar-refractivity contribution < 1.29 is 24.0 Å². The Morgan fingerprint density at radius 3 is 2.36 bits per heavy atom. The molecule has 302 valence electrons. The molecule has 4 aliphatic heterocycles. The molecule has 15 nitrogen and oxygen atoms in total. The van der Waals surface area contributed by atoms with E-state index in [2.05, 4.69) is 45.3 Å². The smallest absolute Gasteiger partial charge is 0.262 e. The molecule has 5 amide bonds. The van der Waals surface area contributed by atoms with Gasteiger partial charge in [-0.05, 0) is 100 Å². The summed E-state index contributed by atoms with van der Waals surface area (Å²) in [5.74, 6) is 0.178. The van der Waals surface area contributed by atoms with Crippen LogP contribution in [0.4, 0.5) is 11.5 Å². The molecule has 5 aliphatic rings. The van der Waals surface area contributed by atoms with Crippen LogP contribution in [0, 0.1) is 11.8 Å². The minimum absolute atomic E-state index is 0.0562. The number of anilines is 2. The summed E-state index contributed by atoms with van der Waals surface area (Å²) in [4.78, 5) is 82.8. The van der Waals surface area contributed by atoms with Gasteiger partial charge in [0.1, 0.15) is 17.9 Å². The topological polar surface area (TPSA) is 175 Å². The van der Waals surface area contributed by atoms with Crippen LogP contribution >= 0.6 is 0 Å². The Balaban J connectivity index is 0.691. The van der Waals surface area contributed by atoms with Crippen molar-refractivity contribution in [1.29, 1.82) is 0 Å². The van der Waals surface area contributed by atoms with Crippen molar-refractivity contribution in [3.63, 3.8) is 0 Å². The molecule has 15 heteroatoms. The van der Waals surface area contributed by atoms with Crippen LogP contribution < -0.4 is 20.9 Å². The number of imidazole rings is 1. The predicted octanol–water partition coefficient (Wildman–Crippen LogP) is 3.72. The SMILES string of the molecule is O=C1CC[C@H](N2C(=O)c3ccc(N4CCC(CN5CCC(CCNc6ncnc7c6ncn7C6CC(NC(=O)Cc7ccccc7)C6)CC5)CC4)cc3C2=O)C(=O)N1. The molecule has 1 aliphatic carbocycles. The number of fused-ring (bicyclic) bond motifs is 2. The quantitative estimate of drug-likeness (QED) is 0.179. The number of imide groups is 2. The lowest BCUT2D eigenvalue weighted by atomic mass is 9.86. The molecule has 0 spiro atoms. The van der Waals surface area contributed by atoms with Crippen molar-refractivity contribution in [3.05, 3.63) is 77.9 Å². The number of nitrogens with zero attached hydrogens (tertiary/aromatic N) is 7. The average Bonchev–Trinajstić information content (AvgIpc) is 3.75. The van der Waals surface area contributed by atoms with Gasteiger partial charge in [-0.2, -0.15) is 0 Å². The Morgan fingerprint density at radius 2 is 1.59 bits per heavy atom. The standard InChI is InChI=1S/C43H50N10O5/c54-36-9-8-35(41(56)49-36)53-42(57)33-7-6-31(23-34(33)43(53)58)51-18-13-29(14-19-51)24-50-16-11-27(12-17-50)10-15-44-39-38-40(46-25-45-39)52(26-47-38)32-21-30(22-32)48-37(55)20-28-4-2-1-3-5-28/h1-7,23,25-27,29-30,32,35H,8-22,24H2,(H,48,55)(H,44,45,46)(H,49,54,56)/t30?,32?,35-/m0/s1. The fraction of sp³-hybridized carbons (Fsp3) is 0.488. The van der Waals surface area contributed by atoms with Gasteiger partial charge in [0.25, 0.3) is 11.8 Å². The summed E-state index contributed by atoms with van der Waals surface area (Å²) in [6.07, 6.45) is 11.4. The van der Waals surface area contributed by atoms with Gasteiger partial charge < -0.3 is 25.0 Å². The Hall–Kier alpha value is -5.70. The predicted molar refractivity (Wildman–Crippen MR) is 216 cm³/mol. The van der Waals surface area contributed by atoms with E-state index in [1.165, 1.54) is 12.8 Å². The van der Waals surface area contributed by atoms with Crippen molar-refractivity contribution >= 4 is 52.2 Å². The van der Waals surface area contributed by atoms with Crippen LogP contribution in [0.25, 0.3) is 11.2 Å². The summed E-state index contributed by atoms with van der Waals surface area (Å²) in [6.45, 7) is 5.90. The summed E-state index contributed by atoms with van der Waals surface area (Å²) < 4.78 is 2.13. The van der Waals surface area contributed by atoms with E-state index in [4.69, 9.17) is 0 Å². The Kier molecular flexibility index (Phi) is 10.6. The Bertz CT molecular complexity index is 2210. The first-order chi connectivity index (χ1) is 28.3. The van der Waals surface area contributed by atoms with E-state index in [0.717, 1.165) is 105 Å². The van der Waals surface area contributed by atoms with Crippen molar-refractivity contribution in [2.24, 2.45) is 11.8 Å². The fourth-order valence-electron chi connectivity index (χ4n) is 9.49. The lowest BCUT2D eigenvalue weighted by molar-refractivity contribution is -0.136. The van der Waals surface area contributed by atoms with Gasteiger partial charge in [-0.3, -0.25) is 34.2 Å². The molecule has 2 aromatic heterocycles. The summed E-state index contributed by atoms with van der Waals surface area (Å²) >= 11 is 0. The van der Waals surface area contributed by atoms with E-state index in [0.29, 0.717) is 29.4 Å². The molecule has 2 aromatic carbocycles. The first kappa shape index (κ1) is 37.9. The summed E-state index contributed by atoms with van der Waals surface area (Å²) in [5, 5.41) is 8.97. The minimum Gasteiger partial charge on any atom is -0.371 e. The average molecular weight is 787 g/mol. The molecular weight excluding hydrogens is 737 g/mol. The third kappa shape index (κ3) is 7.79. The largest absolute Gasteiger partial charge is 0.371 e. The molecular formula is C43H50N10O5. The lowest BCUT2D eigenvalue weighted by Gasteiger charge is -2.38. The molecule has 1 atom stereocenters. The molecule has 58 heavy (non-hydrogen) atoms. The van der Waals surface area contributed by atoms with Crippen LogP contribution in [-0.4, -0.2) is 110 Å². The van der Waals surface area contributed by atoms with Gasteiger partial charge in [0.05, 0.1) is 23.9 Å². The van der Waals surface area contributed by atoms with Crippen molar-refractivity contribution in [3.8, 4) is 0 Å². The summed E-state index contributed by atoms with van der Waals surface area (Å²) in [7, 11) is 0. The number of hydrogen-bond acceptors (Lipinski definition) is 11. The van der Waals surface area contributed by atoms with Gasteiger partial charge in [0, 0.05) is 50.4 Å². The number of carbonyl (C=O) groups is 5. The van der Waals surface area contributed by atoms with E-state index in [1.807, 2.05) is 42.7 Å². The van der Waals surface area contributed by atoms with Crippen molar-refractivity contribution in [2.45, 2.75) is 82.3 Å². The molecule has 3 saturated heterocycles. The number of benzene rings is 2. The number of hydrogen-bond donors (Lipinski definition) is 3. The Labute approximate surface area is 337 Å².